The van der Waals surface area contributed by atoms with Gasteiger partial charge in [-0.2, -0.15) is 0 Å². The van der Waals surface area contributed by atoms with Crippen molar-refractivity contribution in [1.82, 2.24) is 0 Å². The van der Waals surface area contributed by atoms with E-state index in [4.69, 9.17) is 10.5 Å². The lowest BCUT2D eigenvalue weighted by Crippen LogP contribution is -2.05. The normalized spacial score (nSPS) is 10.5. The lowest BCUT2D eigenvalue weighted by molar-refractivity contribution is 0.0976. The number of ketones is 1. The van der Waals surface area contributed by atoms with Gasteiger partial charge in [0.2, 0.25) is 0 Å². The second-order valence-electron chi connectivity index (χ2n) is 4.31. The zero-order chi connectivity index (χ0) is 12.1. The maximum absolute atomic E-state index is 11.8. The van der Waals surface area contributed by atoms with Crippen LogP contribution in [0.15, 0.2) is 18.2 Å². The fraction of sp³-hybridized carbons (Fsp3) is 0.462. The molecule has 88 valence electrons. The largest absolute Gasteiger partial charge is 0.497 e. The Morgan fingerprint density at radius 2 is 2.12 bits per heavy atom. The number of nitrogens with two attached hydrogens (primary N) is 1. The van der Waals surface area contributed by atoms with Gasteiger partial charge in [-0.25, -0.2) is 0 Å². The van der Waals surface area contributed by atoms with Crippen molar-refractivity contribution in [3.05, 3.63) is 23.8 Å². The lowest BCUT2D eigenvalue weighted by atomic mass is 10.00. The average Bonchev–Trinajstić information content (AvgIpc) is 2.25. The van der Waals surface area contributed by atoms with E-state index in [1.807, 2.05) is 0 Å². The van der Waals surface area contributed by atoms with Crippen molar-refractivity contribution in [2.45, 2.75) is 26.7 Å². The third-order valence-corrected chi connectivity index (χ3v) is 2.51. The molecule has 0 saturated carbocycles. The molecule has 0 aliphatic carbocycles. The molecule has 0 aromatic heterocycles. The molecule has 0 heterocycles. The highest BCUT2D eigenvalue weighted by atomic mass is 16.5. The molecule has 0 saturated heterocycles. The summed E-state index contributed by atoms with van der Waals surface area (Å²) in [5.41, 5.74) is 6.90. The van der Waals surface area contributed by atoms with Crippen LogP contribution in [0.2, 0.25) is 0 Å². The molecule has 3 nitrogen and oxygen atoms in total. The maximum atomic E-state index is 11.8. The lowest BCUT2D eigenvalue weighted by Gasteiger charge is -2.08. The van der Waals surface area contributed by atoms with Crippen LogP contribution in [-0.4, -0.2) is 12.9 Å². The molecule has 0 radical (unpaired) electrons. The van der Waals surface area contributed by atoms with Gasteiger partial charge in [0.1, 0.15) is 5.75 Å². The van der Waals surface area contributed by atoms with Gasteiger partial charge < -0.3 is 10.5 Å². The van der Waals surface area contributed by atoms with Gasteiger partial charge in [-0.3, -0.25) is 4.79 Å². The molecule has 1 aromatic carbocycles. The van der Waals surface area contributed by atoms with Gasteiger partial charge in [-0.05, 0) is 24.5 Å². The van der Waals surface area contributed by atoms with E-state index >= 15 is 0 Å². The fourth-order valence-corrected chi connectivity index (χ4v) is 1.48. The molecule has 0 fully saturated rings. The summed E-state index contributed by atoms with van der Waals surface area (Å²) >= 11 is 0. The predicted octanol–water partition coefficient (Wildman–Crippen LogP) is 2.90. The maximum Gasteiger partial charge on any atom is 0.164 e. The molecule has 0 aliphatic heterocycles. The Morgan fingerprint density at radius 3 is 2.62 bits per heavy atom. The third kappa shape index (κ3) is 3.26. The molecule has 0 aliphatic rings. The minimum Gasteiger partial charge on any atom is -0.497 e. The van der Waals surface area contributed by atoms with Crippen LogP contribution in [0.3, 0.4) is 0 Å². The highest BCUT2D eigenvalue weighted by molar-refractivity contribution is 6.00. The summed E-state index contributed by atoms with van der Waals surface area (Å²) in [5, 5.41) is 0. The molecule has 0 unspecified atom stereocenters. The Kier molecular flexibility index (Phi) is 4.35. The zero-order valence-corrected chi connectivity index (χ0v) is 10.1. The van der Waals surface area contributed by atoms with E-state index in [0.29, 0.717) is 29.3 Å². The van der Waals surface area contributed by atoms with E-state index in [9.17, 15) is 4.79 Å². The Labute approximate surface area is 96.6 Å². The first-order valence-electron chi connectivity index (χ1n) is 5.51. The molecular formula is C13H19NO2. The second kappa shape index (κ2) is 5.54. The van der Waals surface area contributed by atoms with Gasteiger partial charge in [-0.15, -0.1) is 0 Å². The highest BCUT2D eigenvalue weighted by Gasteiger charge is 2.10. The van der Waals surface area contributed by atoms with Crippen molar-refractivity contribution in [2.75, 3.05) is 12.8 Å². The van der Waals surface area contributed by atoms with Gasteiger partial charge in [0.15, 0.2) is 5.78 Å². The summed E-state index contributed by atoms with van der Waals surface area (Å²) in [6.07, 6.45) is 1.44. The number of benzene rings is 1. The Morgan fingerprint density at radius 1 is 1.44 bits per heavy atom. The van der Waals surface area contributed by atoms with Gasteiger partial charge >= 0.3 is 0 Å². The summed E-state index contributed by atoms with van der Waals surface area (Å²) < 4.78 is 5.04. The molecule has 1 rings (SSSR count). The van der Waals surface area contributed by atoms with Crippen LogP contribution >= 0.6 is 0 Å². The number of anilines is 1. The Hall–Kier alpha value is -1.51. The van der Waals surface area contributed by atoms with E-state index in [1.165, 1.54) is 0 Å². The molecule has 1 aromatic rings. The van der Waals surface area contributed by atoms with Crippen molar-refractivity contribution in [3.63, 3.8) is 0 Å². The van der Waals surface area contributed by atoms with E-state index < -0.39 is 0 Å². The summed E-state index contributed by atoms with van der Waals surface area (Å²) in [7, 11) is 1.58. The first kappa shape index (κ1) is 12.6. The van der Waals surface area contributed by atoms with Crippen molar-refractivity contribution < 1.29 is 9.53 Å². The van der Waals surface area contributed by atoms with Crippen LogP contribution in [0, 0.1) is 5.92 Å². The number of carbonyl (C=O) groups excluding carboxylic acids is 1. The summed E-state index contributed by atoms with van der Waals surface area (Å²) in [5.74, 6) is 1.31. The van der Waals surface area contributed by atoms with Crippen molar-refractivity contribution in [3.8, 4) is 5.75 Å². The zero-order valence-electron chi connectivity index (χ0n) is 10.1. The van der Waals surface area contributed by atoms with Crippen LogP contribution in [0.4, 0.5) is 5.69 Å². The number of carbonyl (C=O) groups is 1. The number of methoxy groups -OCH3 is 1. The molecule has 0 amide bonds. The number of rotatable bonds is 5. The molecular weight excluding hydrogens is 202 g/mol. The van der Waals surface area contributed by atoms with E-state index in [-0.39, 0.29) is 5.78 Å². The number of hydrogen-bond donors (Lipinski definition) is 1. The molecule has 3 heteroatoms. The van der Waals surface area contributed by atoms with E-state index in [0.717, 1.165) is 6.42 Å². The predicted molar refractivity (Wildman–Crippen MR) is 65.8 cm³/mol. The smallest absolute Gasteiger partial charge is 0.164 e. The number of hydrogen-bond acceptors (Lipinski definition) is 3. The second-order valence-corrected chi connectivity index (χ2v) is 4.31. The molecule has 16 heavy (non-hydrogen) atoms. The molecule has 0 bridgehead atoms. The van der Waals surface area contributed by atoms with Crippen molar-refractivity contribution in [1.29, 1.82) is 0 Å². The van der Waals surface area contributed by atoms with E-state index in [1.54, 1.807) is 25.3 Å². The van der Waals surface area contributed by atoms with Crippen molar-refractivity contribution >= 4 is 11.5 Å². The minimum atomic E-state index is 0.105. The van der Waals surface area contributed by atoms with Crippen LogP contribution in [0.1, 0.15) is 37.0 Å². The standard InChI is InChI=1S/C13H19NO2/c1-9(2)4-7-13(15)11-6-5-10(16-3)8-12(11)14/h5-6,8-9H,4,7,14H2,1-3H3. The van der Waals surface area contributed by atoms with Crippen LogP contribution in [0.5, 0.6) is 5.75 Å². The van der Waals surface area contributed by atoms with Crippen LogP contribution in [0.25, 0.3) is 0 Å². The molecule has 2 N–H and O–H groups in total. The highest BCUT2D eigenvalue weighted by Crippen LogP contribution is 2.21. The average molecular weight is 221 g/mol. The van der Waals surface area contributed by atoms with E-state index in [2.05, 4.69) is 13.8 Å². The third-order valence-electron chi connectivity index (χ3n) is 2.51. The number of Topliss-reactive ketones (excluding diaryl/α,β-unsaturated/α-hetero) is 1. The van der Waals surface area contributed by atoms with Gasteiger partial charge in [-0.1, -0.05) is 13.8 Å². The molecule has 0 spiro atoms. The van der Waals surface area contributed by atoms with Crippen LogP contribution in [-0.2, 0) is 0 Å². The minimum absolute atomic E-state index is 0.105. The van der Waals surface area contributed by atoms with Gasteiger partial charge in [0.25, 0.3) is 0 Å². The molecule has 0 atom stereocenters. The number of ether oxygens (including phenoxy) is 1. The van der Waals surface area contributed by atoms with Gasteiger partial charge in [0, 0.05) is 23.7 Å². The summed E-state index contributed by atoms with van der Waals surface area (Å²) in [6.45, 7) is 4.20. The summed E-state index contributed by atoms with van der Waals surface area (Å²) in [4.78, 5) is 11.8. The first-order chi connectivity index (χ1) is 7.54. The van der Waals surface area contributed by atoms with Crippen LogP contribution < -0.4 is 10.5 Å². The van der Waals surface area contributed by atoms with Gasteiger partial charge in [0.05, 0.1) is 7.11 Å². The topological polar surface area (TPSA) is 52.3 Å². The van der Waals surface area contributed by atoms with Crippen molar-refractivity contribution in [2.24, 2.45) is 5.92 Å². The first-order valence-corrected chi connectivity index (χ1v) is 5.51. The fourth-order valence-electron chi connectivity index (χ4n) is 1.48. The number of nitrogen functional groups attached to an aromatic ring is 1. The Balaban J connectivity index is 2.76. The SMILES string of the molecule is COc1ccc(C(=O)CCC(C)C)c(N)c1. The monoisotopic (exact) mass is 221 g/mol. The summed E-state index contributed by atoms with van der Waals surface area (Å²) in [6, 6.07) is 5.18. The quantitative estimate of drug-likeness (QED) is 0.614. The Bertz CT molecular complexity index is 372.